The van der Waals surface area contributed by atoms with Crippen LogP contribution in [-0.2, 0) is 11.2 Å². The summed E-state index contributed by atoms with van der Waals surface area (Å²) in [5.41, 5.74) is 1.40. The summed E-state index contributed by atoms with van der Waals surface area (Å²) in [5.74, 6) is -0.0617. The maximum Gasteiger partial charge on any atom is 0.269 e. The van der Waals surface area contributed by atoms with E-state index < -0.39 is 4.92 Å². The van der Waals surface area contributed by atoms with Gasteiger partial charge in [0.05, 0.1) is 4.92 Å². The van der Waals surface area contributed by atoms with Gasteiger partial charge in [-0.3, -0.25) is 14.9 Å². The molecular formula is C11H11NO3. The van der Waals surface area contributed by atoms with Crippen LogP contribution in [0.5, 0.6) is 0 Å². The average Bonchev–Trinajstić information content (AvgIpc) is 2.18. The van der Waals surface area contributed by atoms with Gasteiger partial charge in [-0.2, -0.15) is 0 Å². The van der Waals surface area contributed by atoms with Gasteiger partial charge >= 0.3 is 0 Å². The van der Waals surface area contributed by atoms with E-state index in [1.165, 1.54) is 19.1 Å². The lowest BCUT2D eigenvalue weighted by Crippen LogP contribution is -1.98. The predicted molar refractivity (Wildman–Crippen MR) is 56.6 cm³/mol. The standard InChI is InChI=1S/C11H11NO3/c1-8(9(2)13)7-10-3-5-11(6-4-10)12(14)15/h3-6H,1,7H2,2H3. The van der Waals surface area contributed by atoms with Crippen molar-refractivity contribution < 1.29 is 9.72 Å². The molecule has 0 aliphatic carbocycles. The minimum absolute atomic E-state index is 0.0483. The van der Waals surface area contributed by atoms with Crippen LogP contribution in [0, 0.1) is 10.1 Å². The number of benzene rings is 1. The fraction of sp³-hybridized carbons (Fsp3) is 0.182. The van der Waals surface area contributed by atoms with Crippen LogP contribution in [0.3, 0.4) is 0 Å². The molecule has 1 rings (SSSR count). The molecule has 0 aliphatic heterocycles. The van der Waals surface area contributed by atoms with Gasteiger partial charge < -0.3 is 0 Å². The molecule has 0 heterocycles. The van der Waals surface area contributed by atoms with E-state index in [0.29, 0.717) is 12.0 Å². The zero-order chi connectivity index (χ0) is 11.4. The summed E-state index contributed by atoms with van der Waals surface area (Å²) >= 11 is 0. The number of Topliss-reactive ketones (excluding diaryl/α,β-unsaturated/α-hetero) is 1. The van der Waals surface area contributed by atoms with Crippen LogP contribution in [0.25, 0.3) is 0 Å². The van der Waals surface area contributed by atoms with Crippen LogP contribution >= 0.6 is 0 Å². The van der Waals surface area contributed by atoms with Gasteiger partial charge in [-0.05, 0) is 18.1 Å². The van der Waals surface area contributed by atoms with E-state index in [9.17, 15) is 14.9 Å². The molecular weight excluding hydrogens is 194 g/mol. The second-order valence-corrected chi connectivity index (χ2v) is 3.26. The molecule has 4 nitrogen and oxygen atoms in total. The lowest BCUT2D eigenvalue weighted by Gasteiger charge is -2.01. The van der Waals surface area contributed by atoms with Crippen LogP contribution in [0.1, 0.15) is 12.5 Å². The van der Waals surface area contributed by atoms with Gasteiger partial charge in [-0.1, -0.05) is 18.7 Å². The van der Waals surface area contributed by atoms with E-state index in [1.54, 1.807) is 12.1 Å². The third-order valence-electron chi connectivity index (χ3n) is 2.06. The van der Waals surface area contributed by atoms with E-state index in [2.05, 4.69) is 6.58 Å². The maximum absolute atomic E-state index is 10.9. The Bertz CT molecular complexity index is 406. The third kappa shape index (κ3) is 3.02. The molecule has 0 bridgehead atoms. The highest BCUT2D eigenvalue weighted by atomic mass is 16.6. The van der Waals surface area contributed by atoms with Crippen LogP contribution in [-0.4, -0.2) is 10.7 Å². The molecule has 0 aliphatic rings. The molecule has 0 atom stereocenters. The van der Waals surface area contributed by atoms with Crippen LogP contribution in [0.4, 0.5) is 5.69 Å². The third-order valence-corrected chi connectivity index (χ3v) is 2.06. The normalized spacial score (nSPS) is 9.67. The summed E-state index contributed by atoms with van der Waals surface area (Å²) in [5, 5.41) is 10.4. The maximum atomic E-state index is 10.9. The molecule has 0 radical (unpaired) electrons. The van der Waals surface area contributed by atoms with Crippen molar-refractivity contribution in [2.45, 2.75) is 13.3 Å². The molecule has 15 heavy (non-hydrogen) atoms. The van der Waals surface area contributed by atoms with Crippen LogP contribution in [0.2, 0.25) is 0 Å². The van der Waals surface area contributed by atoms with Crippen molar-refractivity contribution >= 4 is 11.5 Å². The highest BCUT2D eigenvalue weighted by Crippen LogP contribution is 2.14. The highest BCUT2D eigenvalue weighted by Gasteiger charge is 2.06. The summed E-state index contributed by atoms with van der Waals surface area (Å²) in [4.78, 5) is 20.8. The Kier molecular flexibility index (Phi) is 3.33. The molecule has 1 aromatic carbocycles. The number of nitrogens with zero attached hydrogens (tertiary/aromatic N) is 1. The molecule has 0 saturated carbocycles. The Morgan fingerprint density at radius 1 is 1.40 bits per heavy atom. The largest absolute Gasteiger partial charge is 0.295 e. The number of nitro benzene ring substituents is 1. The lowest BCUT2D eigenvalue weighted by molar-refractivity contribution is -0.384. The van der Waals surface area contributed by atoms with Crippen molar-refractivity contribution in [1.29, 1.82) is 0 Å². The summed E-state index contributed by atoms with van der Waals surface area (Å²) in [6, 6.07) is 6.10. The Labute approximate surface area is 87.4 Å². The molecule has 0 aromatic heterocycles. The Balaban J connectivity index is 2.77. The molecule has 0 fully saturated rings. The van der Waals surface area contributed by atoms with Gasteiger partial charge in [0.2, 0.25) is 0 Å². The minimum atomic E-state index is -0.455. The topological polar surface area (TPSA) is 60.2 Å². The van der Waals surface area contributed by atoms with Crippen molar-refractivity contribution in [2.24, 2.45) is 0 Å². The van der Waals surface area contributed by atoms with E-state index in [1.807, 2.05) is 0 Å². The van der Waals surface area contributed by atoms with Crippen molar-refractivity contribution in [2.75, 3.05) is 0 Å². The molecule has 0 spiro atoms. The van der Waals surface area contributed by atoms with E-state index in [-0.39, 0.29) is 11.5 Å². The quantitative estimate of drug-likeness (QED) is 0.430. The number of carbonyl (C=O) groups is 1. The molecule has 1 aromatic rings. The van der Waals surface area contributed by atoms with E-state index in [4.69, 9.17) is 0 Å². The van der Waals surface area contributed by atoms with E-state index in [0.717, 1.165) is 5.56 Å². The lowest BCUT2D eigenvalue weighted by atomic mass is 10.0. The first-order valence-corrected chi connectivity index (χ1v) is 4.42. The van der Waals surface area contributed by atoms with E-state index >= 15 is 0 Å². The van der Waals surface area contributed by atoms with Gasteiger partial charge in [0.25, 0.3) is 5.69 Å². The predicted octanol–water partition coefficient (Wildman–Crippen LogP) is 2.28. The highest BCUT2D eigenvalue weighted by molar-refractivity contribution is 5.92. The molecule has 78 valence electrons. The Morgan fingerprint density at radius 3 is 2.33 bits per heavy atom. The molecule has 0 amide bonds. The number of ketones is 1. The number of carbonyl (C=O) groups excluding carboxylic acids is 1. The zero-order valence-electron chi connectivity index (χ0n) is 8.40. The molecule has 4 heteroatoms. The van der Waals surface area contributed by atoms with Gasteiger partial charge in [0.1, 0.15) is 0 Å². The second-order valence-electron chi connectivity index (χ2n) is 3.26. The van der Waals surface area contributed by atoms with Crippen molar-refractivity contribution in [3.8, 4) is 0 Å². The number of nitro groups is 1. The number of hydrogen-bond acceptors (Lipinski definition) is 3. The van der Waals surface area contributed by atoms with Crippen molar-refractivity contribution in [1.82, 2.24) is 0 Å². The van der Waals surface area contributed by atoms with Crippen molar-refractivity contribution in [3.05, 3.63) is 52.1 Å². The zero-order valence-corrected chi connectivity index (χ0v) is 8.40. The SMILES string of the molecule is C=C(Cc1ccc([N+](=O)[O-])cc1)C(C)=O. The smallest absolute Gasteiger partial charge is 0.269 e. The summed E-state index contributed by atoms with van der Waals surface area (Å²) in [7, 11) is 0. The number of rotatable bonds is 4. The van der Waals surface area contributed by atoms with Gasteiger partial charge in [-0.25, -0.2) is 0 Å². The monoisotopic (exact) mass is 205 g/mol. The van der Waals surface area contributed by atoms with Gasteiger partial charge in [-0.15, -0.1) is 0 Å². The number of allylic oxidation sites excluding steroid dienone is 1. The Morgan fingerprint density at radius 2 is 1.93 bits per heavy atom. The fourth-order valence-electron chi connectivity index (χ4n) is 1.11. The number of non-ortho nitro benzene ring substituents is 1. The van der Waals surface area contributed by atoms with Gasteiger partial charge in [0.15, 0.2) is 5.78 Å². The molecule has 0 unspecified atom stereocenters. The first-order chi connectivity index (χ1) is 7.00. The molecule has 0 saturated heterocycles. The summed E-state index contributed by atoms with van der Waals surface area (Å²) in [6.07, 6.45) is 0.438. The summed E-state index contributed by atoms with van der Waals surface area (Å²) < 4.78 is 0. The fourth-order valence-corrected chi connectivity index (χ4v) is 1.11. The number of hydrogen-bond donors (Lipinski definition) is 0. The average molecular weight is 205 g/mol. The van der Waals surface area contributed by atoms with Crippen molar-refractivity contribution in [3.63, 3.8) is 0 Å². The minimum Gasteiger partial charge on any atom is -0.295 e. The summed E-state index contributed by atoms with van der Waals surface area (Å²) in [6.45, 7) is 5.08. The van der Waals surface area contributed by atoms with Crippen LogP contribution in [0.15, 0.2) is 36.4 Å². The second kappa shape index (κ2) is 4.50. The molecule has 0 N–H and O–H groups in total. The first kappa shape index (κ1) is 11.1. The Hall–Kier alpha value is -1.97. The first-order valence-electron chi connectivity index (χ1n) is 4.42. The van der Waals surface area contributed by atoms with Crippen LogP contribution < -0.4 is 0 Å². The van der Waals surface area contributed by atoms with Gasteiger partial charge in [0, 0.05) is 18.6 Å².